The van der Waals surface area contributed by atoms with E-state index in [1.165, 1.54) is 11.5 Å². The van der Waals surface area contributed by atoms with Gasteiger partial charge in [-0.2, -0.15) is 11.8 Å². The molecule has 0 aromatic heterocycles. The molecule has 0 amide bonds. The molecule has 114 valence electrons. The van der Waals surface area contributed by atoms with Crippen molar-refractivity contribution in [2.24, 2.45) is 5.73 Å². The molecule has 1 atom stereocenters. The van der Waals surface area contributed by atoms with Gasteiger partial charge in [-0.3, -0.25) is 5.41 Å². The van der Waals surface area contributed by atoms with E-state index in [0.29, 0.717) is 5.56 Å². The Labute approximate surface area is 129 Å². The molecule has 0 bridgehead atoms. The molecule has 1 unspecified atom stereocenters. The Balaban J connectivity index is 1.71. The first-order valence-corrected chi connectivity index (χ1v) is 8.66. The monoisotopic (exact) mass is 306 g/mol. The van der Waals surface area contributed by atoms with Gasteiger partial charge in [0.05, 0.1) is 17.8 Å². The first kappa shape index (κ1) is 14.7. The third-order valence-corrected chi connectivity index (χ3v) is 5.31. The molecule has 2 fully saturated rings. The number of amidine groups is 1. The van der Waals surface area contributed by atoms with Crippen molar-refractivity contribution in [2.45, 2.75) is 37.4 Å². The molecule has 2 aliphatic rings. The van der Waals surface area contributed by atoms with Crippen LogP contribution in [0.1, 0.15) is 31.2 Å². The third-order valence-electron chi connectivity index (χ3n) is 4.32. The van der Waals surface area contributed by atoms with E-state index < -0.39 is 0 Å². The highest BCUT2D eigenvalue weighted by Gasteiger charge is 2.39. The van der Waals surface area contributed by atoms with Crippen molar-refractivity contribution in [2.75, 3.05) is 18.1 Å². The minimum atomic E-state index is 0.0132. The summed E-state index contributed by atoms with van der Waals surface area (Å²) in [4.78, 5) is 0. The maximum atomic E-state index is 7.65. The second-order valence-electron chi connectivity index (χ2n) is 5.79. The highest BCUT2D eigenvalue weighted by atomic mass is 32.2. The van der Waals surface area contributed by atoms with Crippen LogP contribution in [-0.2, 0) is 4.74 Å². The highest BCUT2D eigenvalue weighted by Crippen LogP contribution is 2.38. The molecular weight excluding hydrogens is 284 g/mol. The standard InChI is InChI=1S/C16H22N2O2S/c17-15(18)13-3-1-2-4-14(13)20-12-5-8-19-16(11-12)6-9-21-10-7-16/h1-4,12H,5-11H2,(H3,17,18). The summed E-state index contributed by atoms with van der Waals surface area (Å²) in [5.74, 6) is 3.13. The molecule has 2 aliphatic heterocycles. The van der Waals surface area contributed by atoms with Gasteiger partial charge in [-0.15, -0.1) is 0 Å². The Bertz CT molecular complexity index is 509. The minimum Gasteiger partial charge on any atom is -0.489 e. The van der Waals surface area contributed by atoms with Crippen LogP contribution in [0.25, 0.3) is 0 Å². The van der Waals surface area contributed by atoms with Gasteiger partial charge in [0.2, 0.25) is 0 Å². The Hall–Kier alpha value is -1.20. The summed E-state index contributed by atoms with van der Waals surface area (Å²) in [6.45, 7) is 0.761. The van der Waals surface area contributed by atoms with Crippen molar-refractivity contribution < 1.29 is 9.47 Å². The predicted octanol–water partition coefficient (Wildman–Crippen LogP) is 2.79. The van der Waals surface area contributed by atoms with Crippen LogP contribution in [0, 0.1) is 5.41 Å². The molecule has 21 heavy (non-hydrogen) atoms. The van der Waals surface area contributed by atoms with Crippen molar-refractivity contribution >= 4 is 17.6 Å². The normalized spacial score (nSPS) is 24.7. The largest absolute Gasteiger partial charge is 0.489 e. The van der Waals surface area contributed by atoms with E-state index in [4.69, 9.17) is 20.6 Å². The smallest absolute Gasteiger partial charge is 0.130 e. The second kappa shape index (κ2) is 6.28. The number of thioether (sulfide) groups is 1. The summed E-state index contributed by atoms with van der Waals surface area (Å²) in [6, 6.07) is 7.54. The lowest BCUT2D eigenvalue weighted by Crippen LogP contribution is -2.46. The Morgan fingerprint density at radius 3 is 2.86 bits per heavy atom. The van der Waals surface area contributed by atoms with Gasteiger partial charge < -0.3 is 15.2 Å². The number of benzene rings is 1. The number of hydrogen-bond acceptors (Lipinski definition) is 4. The van der Waals surface area contributed by atoms with Gasteiger partial charge >= 0.3 is 0 Å². The average molecular weight is 306 g/mol. The van der Waals surface area contributed by atoms with Crippen LogP contribution < -0.4 is 10.5 Å². The topological polar surface area (TPSA) is 68.3 Å². The molecule has 4 nitrogen and oxygen atoms in total. The summed E-state index contributed by atoms with van der Waals surface area (Å²) in [5.41, 5.74) is 6.32. The molecule has 1 spiro atoms. The van der Waals surface area contributed by atoms with Crippen molar-refractivity contribution in [3.63, 3.8) is 0 Å². The van der Waals surface area contributed by atoms with Crippen LogP contribution in [0.2, 0.25) is 0 Å². The molecule has 5 heteroatoms. The number of rotatable bonds is 3. The molecule has 1 aromatic rings. The lowest BCUT2D eigenvalue weighted by Gasteiger charge is -2.43. The first-order chi connectivity index (χ1) is 10.2. The van der Waals surface area contributed by atoms with Gasteiger partial charge in [0.25, 0.3) is 0 Å². The molecule has 0 aliphatic carbocycles. The summed E-state index contributed by atoms with van der Waals surface area (Å²) >= 11 is 2.01. The molecule has 2 saturated heterocycles. The van der Waals surface area contributed by atoms with Crippen molar-refractivity contribution in [3.05, 3.63) is 29.8 Å². The lowest BCUT2D eigenvalue weighted by atomic mass is 9.86. The molecule has 2 heterocycles. The maximum Gasteiger partial charge on any atom is 0.130 e. The van der Waals surface area contributed by atoms with Gasteiger partial charge in [0.15, 0.2) is 0 Å². The van der Waals surface area contributed by atoms with Crippen LogP contribution in [-0.4, -0.2) is 35.7 Å². The molecule has 3 rings (SSSR count). The number of para-hydroxylation sites is 1. The fourth-order valence-corrected chi connectivity index (χ4v) is 4.38. The zero-order valence-electron chi connectivity index (χ0n) is 12.1. The highest BCUT2D eigenvalue weighted by molar-refractivity contribution is 7.99. The van der Waals surface area contributed by atoms with E-state index in [2.05, 4.69) is 0 Å². The van der Waals surface area contributed by atoms with Crippen LogP contribution in [0.4, 0.5) is 0 Å². The van der Waals surface area contributed by atoms with Crippen molar-refractivity contribution in [1.82, 2.24) is 0 Å². The quantitative estimate of drug-likeness (QED) is 0.665. The van der Waals surface area contributed by atoms with Gasteiger partial charge in [-0.25, -0.2) is 0 Å². The zero-order chi connectivity index (χ0) is 14.7. The van der Waals surface area contributed by atoms with Gasteiger partial charge in [0.1, 0.15) is 17.7 Å². The SMILES string of the molecule is N=C(N)c1ccccc1OC1CCOC2(CCSCC2)C1. The number of ether oxygens (including phenoxy) is 2. The van der Waals surface area contributed by atoms with Crippen LogP contribution >= 0.6 is 11.8 Å². The van der Waals surface area contributed by atoms with E-state index >= 15 is 0 Å². The average Bonchev–Trinajstić information content (AvgIpc) is 2.48. The number of nitrogens with one attached hydrogen (secondary N) is 1. The molecule has 0 radical (unpaired) electrons. The predicted molar refractivity (Wildman–Crippen MR) is 86.4 cm³/mol. The van der Waals surface area contributed by atoms with Crippen LogP contribution in [0.15, 0.2) is 24.3 Å². The van der Waals surface area contributed by atoms with Gasteiger partial charge in [0, 0.05) is 12.8 Å². The number of hydrogen-bond donors (Lipinski definition) is 2. The Morgan fingerprint density at radius 2 is 2.10 bits per heavy atom. The fraction of sp³-hybridized carbons (Fsp3) is 0.562. The van der Waals surface area contributed by atoms with Crippen molar-refractivity contribution in [3.8, 4) is 5.75 Å². The summed E-state index contributed by atoms with van der Waals surface area (Å²) in [7, 11) is 0. The zero-order valence-corrected chi connectivity index (χ0v) is 13.0. The lowest BCUT2D eigenvalue weighted by molar-refractivity contribution is -0.116. The fourth-order valence-electron chi connectivity index (χ4n) is 3.15. The molecular formula is C16H22N2O2S. The first-order valence-electron chi connectivity index (χ1n) is 7.50. The van der Waals surface area contributed by atoms with Crippen LogP contribution in [0.3, 0.4) is 0 Å². The van der Waals surface area contributed by atoms with E-state index in [0.717, 1.165) is 38.0 Å². The van der Waals surface area contributed by atoms with Gasteiger partial charge in [-0.1, -0.05) is 12.1 Å². The van der Waals surface area contributed by atoms with Crippen molar-refractivity contribution in [1.29, 1.82) is 5.41 Å². The van der Waals surface area contributed by atoms with Gasteiger partial charge in [-0.05, 0) is 36.5 Å². The van der Waals surface area contributed by atoms with E-state index in [9.17, 15) is 0 Å². The molecule has 1 aromatic carbocycles. The summed E-state index contributed by atoms with van der Waals surface area (Å²) < 4.78 is 12.3. The third kappa shape index (κ3) is 3.35. The maximum absolute atomic E-state index is 7.65. The summed E-state index contributed by atoms with van der Waals surface area (Å²) in [5, 5.41) is 7.65. The summed E-state index contributed by atoms with van der Waals surface area (Å²) in [6.07, 6.45) is 4.24. The van der Waals surface area contributed by atoms with E-state index in [1.807, 2.05) is 36.0 Å². The number of nitrogens with two attached hydrogens (primary N) is 1. The molecule has 3 N–H and O–H groups in total. The molecule has 0 saturated carbocycles. The van der Waals surface area contributed by atoms with E-state index in [1.54, 1.807) is 0 Å². The second-order valence-corrected chi connectivity index (χ2v) is 7.01. The van der Waals surface area contributed by atoms with Crippen LogP contribution in [0.5, 0.6) is 5.75 Å². The Kier molecular flexibility index (Phi) is 4.40. The Morgan fingerprint density at radius 1 is 1.33 bits per heavy atom. The minimum absolute atomic E-state index is 0.0132. The number of nitrogen functional groups attached to an aromatic ring is 1. The van der Waals surface area contributed by atoms with E-state index in [-0.39, 0.29) is 17.5 Å².